The van der Waals surface area contributed by atoms with Crippen molar-refractivity contribution in [2.45, 2.75) is 26.2 Å². The van der Waals surface area contributed by atoms with Crippen molar-refractivity contribution in [1.82, 2.24) is 10.2 Å². The first-order valence-corrected chi connectivity index (χ1v) is 7.08. The fourth-order valence-electron chi connectivity index (χ4n) is 1.40. The molecule has 1 aromatic heterocycles. The molecule has 1 N–H and O–H groups in total. The van der Waals surface area contributed by atoms with E-state index >= 15 is 0 Å². The van der Waals surface area contributed by atoms with E-state index in [0.717, 1.165) is 5.01 Å². The largest absolute Gasteiger partial charge is 0.484 e. The molecular weight excluding hydrogens is 274 g/mol. The SMILES string of the molecule is CC(C)(C)c1nnc(NC(=O)COc2ccccc2)s1. The highest BCUT2D eigenvalue weighted by Gasteiger charge is 2.20. The summed E-state index contributed by atoms with van der Waals surface area (Å²) in [6.07, 6.45) is 0. The van der Waals surface area contributed by atoms with E-state index in [1.165, 1.54) is 11.3 Å². The number of carbonyl (C=O) groups excluding carboxylic acids is 1. The number of carbonyl (C=O) groups is 1. The van der Waals surface area contributed by atoms with Crippen LogP contribution in [-0.2, 0) is 10.2 Å². The van der Waals surface area contributed by atoms with Crippen molar-refractivity contribution in [2.24, 2.45) is 0 Å². The molecule has 2 aromatic rings. The smallest absolute Gasteiger partial charge is 0.264 e. The van der Waals surface area contributed by atoms with Crippen LogP contribution in [-0.4, -0.2) is 22.7 Å². The lowest BCUT2D eigenvalue weighted by atomic mass is 9.98. The third-order valence-electron chi connectivity index (χ3n) is 2.43. The van der Waals surface area contributed by atoms with Crippen LogP contribution < -0.4 is 10.1 Å². The number of aromatic nitrogens is 2. The fourth-order valence-corrected chi connectivity index (χ4v) is 2.22. The van der Waals surface area contributed by atoms with Gasteiger partial charge in [-0.2, -0.15) is 0 Å². The van der Waals surface area contributed by atoms with Gasteiger partial charge in [-0.1, -0.05) is 50.3 Å². The van der Waals surface area contributed by atoms with Gasteiger partial charge in [-0.15, -0.1) is 10.2 Å². The second-order valence-corrected chi connectivity index (χ2v) is 6.29. The number of amides is 1. The molecule has 0 aliphatic heterocycles. The lowest BCUT2D eigenvalue weighted by molar-refractivity contribution is -0.118. The van der Waals surface area contributed by atoms with Gasteiger partial charge in [0.2, 0.25) is 5.13 Å². The van der Waals surface area contributed by atoms with E-state index < -0.39 is 0 Å². The predicted molar refractivity (Wildman–Crippen MR) is 79.2 cm³/mol. The molecule has 1 amide bonds. The number of ether oxygens (including phenoxy) is 1. The zero-order chi connectivity index (χ0) is 14.6. The molecular formula is C14H17N3O2S. The van der Waals surface area contributed by atoms with E-state index in [1.54, 1.807) is 12.1 Å². The molecule has 6 heteroatoms. The first kappa shape index (κ1) is 14.5. The van der Waals surface area contributed by atoms with Gasteiger partial charge in [0.25, 0.3) is 5.91 Å². The highest BCUT2D eigenvalue weighted by Crippen LogP contribution is 2.27. The van der Waals surface area contributed by atoms with Crippen molar-refractivity contribution in [2.75, 3.05) is 11.9 Å². The van der Waals surface area contributed by atoms with Crippen LogP contribution in [0.3, 0.4) is 0 Å². The molecule has 1 heterocycles. The Morgan fingerprint density at radius 1 is 1.25 bits per heavy atom. The molecule has 0 saturated heterocycles. The van der Waals surface area contributed by atoms with Crippen molar-refractivity contribution in [1.29, 1.82) is 0 Å². The van der Waals surface area contributed by atoms with Gasteiger partial charge in [-0.25, -0.2) is 0 Å². The Morgan fingerprint density at radius 3 is 2.55 bits per heavy atom. The van der Waals surface area contributed by atoms with Crippen LogP contribution in [0.4, 0.5) is 5.13 Å². The predicted octanol–water partition coefficient (Wildman–Crippen LogP) is 2.85. The van der Waals surface area contributed by atoms with Gasteiger partial charge < -0.3 is 4.74 Å². The summed E-state index contributed by atoms with van der Waals surface area (Å²) in [4.78, 5) is 11.7. The third-order valence-corrected chi connectivity index (χ3v) is 3.69. The molecule has 0 spiro atoms. The van der Waals surface area contributed by atoms with Crippen molar-refractivity contribution in [3.63, 3.8) is 0 Å². The number of rotatable bonds is 4. The lowest BCUT2D eigenvalue weighted by Gasteiger charge is -2.12. The molecule has 0 saturated carbocycles. The summed E-state index contributed by atoms with van der Waals surface area (Å²) in [6.45, 7) is 6.11. The topological polar surface area (TPSA) is 64.1 Å². The number of benzene rings is 1. The van der Waals surface area contributed by atoms with Crippen molar-refractivity contribution in [3.8, 4) is 5.75 Å². The lowest BCUT2D eigenvalue weighted by Crippen LogP contribution is -2.20. The minimum absolute atomic E-state index is 0.0472. The van der Waals surface area contributed by atoms with Crippen LogP contribution in [0.25, 0.3) is 0 Å². The molecule has 0 bridgehead atoms. The van der Waals surface area contributed by atoms with Crippen LogP contribution in [0, 0.1) is 0 Å². The maximum absolute atomic E-state index is 11.7. The Bertz CT molecular complexity index is 576. The summed E-state index contributed by atoms with van der Waals surface area (Å²) in [5.41, 5.74) is -0.0683. The summed E-state index contributed by atoms with van der Waals surface area (Å²) < 4.78 is 5.36. The zero-order valence-electron chi connectivity index (χ0n) is 11.7. The highest BCUT2D eigenvalue weighted by molar-refractivity contribution is 7.15. The summed E-state index contributed by atoms with van der Waals surface area (Å²) in [5.74, 6) is 0.417. The first-order chi connectivity index (χ1) is 9.45. The Morgan fingerprint density at radius 2 is 1.95 bits per heavy atom. The molecule has 0 fully saturated rings. The maximum Gasteiger partial charge on any atom is 0.264 e. The average molecular weight is 291 g/mol. The van der Waals surface area contributed by atoms with E-state index in [9.17, 15) is 4.79 Å². The van der Waals surface area contributed by atoms with Gasteiger partial charge in [0.05, 0.1) is 0 Å². The van der Waals surface area contributed by atoms with E-state index in [1.807, 2.05) is 18.2 Å². The first-order valence-electron chi connectivity index (χ1n) is 6.27. The summed E-state index contributed by atoms with van der Waals surface area (Å²) in [5, 5.41) is 12.1. The Kier molecular flexibility index (Phi) is 4.34. The van der Waals surface area contributed by atoms with Crippen molar-refractivity contribution in [3.05, 3.63) is 35.3 Å². The van der Waals surface area contributed by atoms with Gasteiger partial charge in [-0.05, 0) is 12.1 Å². The molecule has 0 aliphatic carbocycles. The number of nitrogens with zero attached hydrogens (tertiary/aromatic N) is 2. The molecule has 106 valence electrons. The van der Waals surface area contributed by atoms with Gasteiger partial charge in [-0.3, -0.25) is 10.1 Å². The van der Waals surface area contributed by atoms with Crippen LogP contribution in [0.5, 0.6) is 5.75 Å². The molecule has 1 aromatic carbocycles. The monoisotopic (exact) mass is 291 g/mol. The summed E-state index contributed by atoms with van der Waals surface area (Å²) in [7, 11) is 0. The number of hydrogen-bond acceptors (Lipinski definition) is 5. The van der Waals surface area contributed by atoms with E-state index in [-0.39, 0.29) is 17.9 Å². The normalized spacial score (nSPS) is 11.2. The number of nitrogens with one attached hydrogen (secondary N) is 1. The van der Waals surface area contributed by atoms with Crippen LogP contribution in [0.2, 0.25) is 0 Å². The maximum atomic E-state index is 11.7. The van der Waals surface area contributed by atoms with E-state index in [2.05, 4.69) is 36.3 Å². The minimum atomic E-state index is -0.245. The molecule has 0 atom stereocenters. The second-order valence-electron chi connectivity index (χ2n) is 5.31. The quantitative estimate of drug-likeness (QED) is 0.940. The molecule has 20 heavy (non-hydrogen) atoms. The third kappa shape index (κ3) is 4.03. The average Bonchev–Trinajstić information content (AvgIpc) is 2.86. The van der Waals surface area contributed by atoms with Crippen molar-refractivity contribution < 1.29 is 9.53 Å². The Hall–Kier alpha value is -1.95. The molecule has 5 nitrogen and oxygen atoms in total. The minimum Gasteiger partial charge on any atom is -0.484 e. The van der Waals surface area contributed by atoms with Crippen LogP contribution in [0.15, 0.2) is 30.3 Å². The van der Waals surface area contributed by atoms with Crippen LogP contribution in [0.1, 0.15) is 25.8 Å². The number of para-hydroxylation sites is 1. The molecule has 0 aliphatic rings. The Balaban J connectivity index is 1.87. The van der Waals surface area contributed by atoms with Gasteiger partial charge in [0.1, 0.15) is 10.8 Å². The molecule has 2 rings (SSSR count). The number of hydrogen-bond donors (Lipinski definition) is 1. The van der Waals surface area contributed by atoms with Crippen molar-refractivity contribution >= 4 is 22.4 Å². The van der Waals surface area contributed by atoms with E-state index in [4.69, 9.17) is 4.74 Å². The summed E-state index contributed by atoms with van der Waals surface area (Å²) >= 11 is 1.38. The highest BCUT2D eigenvalue weighted by atomic mass is 32.1. The van der Waals surface area contributed by atoms with Gasteiger partial charge in [0, 0.05) is 5.41 Å². The standard InChI is InChI=1S/C14H17N3O2S/c1-14(2,3)12-16-17-13(20-12)15-11(18)9-19-10-7-5-4-6-8-10/h4-8H,9H2,1-3H3,(H,15,17,18). The molecule has 0 radical (unpaired) electrons. The van der Waals surface area contributed by atoms with Crippen LogP contribution >= 0.6 is 11.3 Å². The van der Waals surface area contributed by atoms with Gasteiger partial charge >= 0.3 is 0 Å². The second kappa shape index (κ2) is 6.00. The molecule has 0 unspecified atom stereocenters. The number of anilines is 1. The van der Waals surface area contributed by atoms with Gasteiger partial charge in [0.15, 0.2) is 6.61 Å². The zero-order valence-corrected chi connectivity index (χ0v) is 12.5. The summed E-state index contributed by atoms with van der Waals surface area (Å²) in [6, 6.07) is 9.20. The Labute approximate surface area is 122 Å². The fraction of sp³-hybridized carbons (Fsp3) is 0.357. The van der Waals surface area contributed by atoms with E-state index in [0.29, 0.717) is 10.9 Å².